The van der Waals surface area contributed by atoms with Gasteiger partial charge in [0.05, 0.1) is 12.1 Å². The quantitative estimate of drug-likeness (QED) is 0.116. The van der Waals surface area contributed by atoms with Gasteiger partial charge in [-0.15, -0.1) is 0 Å². The lowest BCUT2D eigenvalue weighted by atomic mass is 10.0. The number of nitrogens with one attached hydrogen (secondary N) is 4. The number of hydrogen-bond acceptors (Lipinski definition) is 8. The molecule has 1 aliphatic rings. The molecule has 1 saturated heterocycles. The number of aliphatic hydroxyl groups excluding tert-OH is 1. The van der Waals surface area contributed by atoms with Crippen LogP contribution in [0.15, 0.2) is 0 Å². The highest BCUT2D eigenvalue weighted by Crippen LogP contribution is 2.09. The second-order valence-electron chi connectivity index (χ2n) is 8.41. The number of carbonyl (C=O) groups is 4. The molecule has 0 radical (unpaired) electrons. The van der Waals surface area contributed by atoms with Gasteiger partial charge < -0.3 is 42.9 Å². The van der Waals surface area contributed by atoms with E-state index < -0.39 is 42.0 Å². The molecule has 0 aromatic heterocycles. The standard InChI is InChI=1S/C21H40N6O6/c1-13(28)17(21(32)33)27-20(31)16(8-3-5-11-23)26-19(30)15(7-2-4-10-22)25-18(29)14-9-6-12-24-14/h13-17,24,28H,2-12,22-23H2,1H3,(H,25,29)(H,26,30)(H,27,31)(H,32,33). The second kappa shape index (κ2) is 15.5. The Morgan fingerprint density at radius 2 is 1.48 bits per heavy atom. The fourth-order valence-corrected chi connectivity index (χ4v) is 3.62. The number of nitrogens with two attached hydrogens (primary N) is 2. The van der Waals surface area contributed by atoms with Crippen molar-refractivity contribution < 1.29 is 29.4 Å². The van der Waals surface area contributed by atoms with E-state index in [4.69, 9.17) is 11.5 Å². The summed E-state index contributed by atoms with van der Waals surface area (Å²) in [5.74, 6) is -2.92. The maximum Gasteiger partial charge on any atom is 0.328 e. The molecule has 0 aliphatic carbocycles. The number of rotatable bonds is 16. The normalized spacial score (nSPS) is 19.2. The molecule has 190 valence electrons. The summed E-state index contributed by atoms with van der Waals surface area (Å²) in [5, 5.41) is 29.7. The summed E-state index contributed by atoms with van der Waals surface area (Å²) in [5.41, 5.74) is 11.1. The summed E-state index contributed by atoms with van der Waals surface area (Å²) < 4.78 is 0. The highest BCUT2D eigenvalue weighted by molar-refractivity contribution is 5.94. The van der Waals surface area contributed by atoms with Crippen LogP contribution < -0.4 is 32.7 Å². The highest BCUT2D eigenvalue weighted by Gasteiger charge is 2.32. The summed E-state index contributed by atoms with van der Waals surface area (Å²) in [7, 11) is 0. The Labute approximate surface area is 194 Å². The van der Waals surface area contributed by atoms with Crippen LogP contribution in [0.4, 0.5) is 0 Å². The van der Waals surface area contributed by atoms with Gasteiger partial charge in [-0.05, 0) is 77.9 Å². The number of carboxylic acids is 1. The number of amides is 3. The van der Waals surface area contributed by atoms with E-state index in [1.807, 2.05) is 0 Å². The molecule has 1 fully saturated rings. The summed E-state index contributed by atoms with van der Waals surface area (Å²) in [6.07, 6.45) is 3.24. The summed E-state index contributed by atoms with van der Waals surface area (Å²) >= 11 is 0. The zero-order valence-electron chi connectivity index (χ0n) is 19.3. The summed E-state index contributed by atoms with van der Waals surface area (Å²) in [6, 6.07) is -3.77. The molecular formula is C21H40N6O6. The van der Waals surface area contributed by atoms with Crippen molar-refractivity contribution in [3.05, 3.63) is 0 Å². The summed E-state index contributed by atoms with van der Waals surface area (Å²) in [4.78, 5) is 49.7. The molecule has 10 N–H and O–H groups in total. The zero-order valence-corrected chi connectivity index (χ0v) is 19.3. The first kappa shape index (κ1) is 28.8. The van der Waals surface area contributed by atoms with E-state index in [0.717, 1.165) is 13.0 Å². The number of aliphatic hydroxyl groups is 1. The first-order valence-corrected chi connectivity index (χ1v) is 11.7. The number of unbranched alkanes of at least 4 members (excludes halogenated alkanes) is 2. The van der Waals surface area contributed by atoms with E-state index in [0.29, 0.717) is 51.6 Å². The molecule has 5 atom stereocenters. The fraction of sp³-hybridized carbons (Fsp3) is 0.810. The van der Waals surface area contributed by atoms with Crippen molar-refractivity contribution in [3.8, 4) is 0 Å². The maximum absolute atomic E-state index is 13.0. The van der Waals surface area contributed by atoms with Crippen LogP contribution in [0.2, 0.25) is 0 Å². The lowest BCUT2D eigenvalue weighted by molar-refractivity contribution is -0.145. The molecule has 0 aromatic rings. The van der Waals surface area contributed by atoms with Crippen molar-refractivity contribution in [1.29, 1.82) is 0 Å². The molecule has 1 heterocycles. The molecule has 12 nitrogen and oxygen atoms in total. The smallest absolute Gasteiger partial charge is 0.328 e. The van der Waals surface area contributed by atoms with Gasteiger partial charge in [0.2, 0.25) is 17.7 Å². The lowest BCUT2D eigenvalue weighted by Gasteiger charge is -2.26. The number of hydrogen-bond donors (Lipinski definition) is 8. The van der Waals surface area contributed by atoms with E-state index >= 15 is 0 Å². The highest BCUT2D eigenvalue weighted by atomic mass is 16.4. The van der Waals surface area contributed by atoms with Crippen molar-refractivity contribution in [1.82, 2.24) is 21.3 Å². The van der Waals surface area contributed by atoms with E-state index in [-0.39, 0.29) is 18.4 Å². The van der Waals surface area contributed by atoms with Crippen molar-refractivity contribution in [2.45, 2.75) is 88.6 Å². The van der Waals surface area contributed by atoms with Crippen LogP contribution >= 0.6 is 0 Å². The van der Waals surface area contributed by atoms with Crippen molar-refractivity contribution in [2.24, 2.45) is 11.5 Å². The molecule has 3 amide bonds. The maximum atomic E-state index is 13.0. The van der Waals surface area contributed by atoms with Gasteiger partial charge in [0, 0.05) is 0 Å². The SMILES string of the molecule is CC(O)C(NC(=O)C(CCCCN)NC(=O)C(CCCCN)NC(=O)C1CCCN1)C(=O)O. The van der Waals surface area contributed by atoms with Crippen LogP contribution in [0, 0.1) is 0 Å². The van der Waals surface area contributed by atoms with Crippen LogP contribution in [-0.2, 0) is 19.2 Å². The minimum Gasteiger partial charge on any atom is -0.480 e. The Balaban J connectivity index is 2.90. The predicted octanol–water partition coefficient (Wildman–Crippen LogP) is -2.08. The number of aliphatic carboxylic acids is 1. The van der Waals surface area contributed by atoms with Crippen molar-refractivity contribution >= 4 is 23.7 Å². The topological polar surface area (TPSA) is 209 Å². The zero-order chi connectivity index (χ0) is 24.8. The van der Waals surface area contributed by atoms with Crippen LogP contribution in [0.1, 0.15) is 58.3 Å². The Kier molecular flexibility index (Phi) is 13.5. The predicted molar refractivity (Wildman–Crippen MR) is 122 cm³/mol. The van der Waals surface area contributed by atoms with Gasteiger partial charge >= 0.3 is 5.97 Å². The Hall–Kier alpha value is -2.28. The van der Waals surface area contributed by atoms with E-state index in [9.17, 15) is 29.4 Å². The van der Waals surface area contributed by atoms with Crippen LogP contribution in [0.3, 0.4) is 0 Å². The van der Waals surface area contributed by atoms with Gasteiger partial charge in [-0.1, -0.05) is 0 Å². The summed E-state index contributed by atoms with van der Waals surface area (Å²) in [6.45, 7) is 2.84. The molecule has 12 heteroatoms. The van der Waals surface area contributed by atoms with Crippen molar-refractivity contribution in [2.75, 3.05) is 19.6 Å². The van der Waals surface area contributed by atoms with E-state index in [2.05, 4.69) is 21.3 Å². The molecule has 0 bridgehead atoms. The second-order valence-corrected chi connectivity index (χ2v) is 8.41. The molecule has 0 saturated carbocycles. The molecule has 5 unspecified atom stereocenters. The molecule has 0 aromatic carbocycles. The largest absolute Gasteiger partial charge is 0.480 e. The lowest BCUT2D eigenvalue weighted by Crippen LogP contribution is -2.58. The van der Waals surface area contributed by atoms with Gasteiger partial charge in [-0.3, -0.25) is 14.4 Å². The van der Waals surface area contributed by atoms with Crippen LogP contribution in [0.5, 0.6) is 0 Å². The Morgan fingerprint density at radius 1 is 0.939 bits per heavy atom. The fourth-order valence-electron chi connectivity index (χ4n) is 3.62. The van der Waals surface area contributed by atoms with E-state index in [1.54, 1.807) is 0 Å². The number of carbonyl (C=O) groups excluding carboxylic acids is 3. The molecule has 1 aliphatic heterocycles. The minimum absolute atomic E-state index is 0.231. The monoisotopic (exact) mass is 472 g/mol. The van der Waals surface area contributed by atoms with E-state index in [1.165, 1.54) is 6.92 Å². The molecular weight excluding hydrogens is 432 g/mol. The third kappa shape index (κ3) is 10.5. The van der Waals surface area contributed by atoms with Gasteiger partial charge in [0.25, 0.3) is 0 Å². The van der Waals surface area contributed by atoms with Gasteiger partial charge in [-0.2, -0.15) is 0 Å². The average Bonchev–Trinajstić information content (AvgIpc) is 3.30. The molecule has 33 heavy (non-hydrogen) atoms. The Bertz CT molecular complexity index is 641. The number of carboxylic acid groups (broad SMARTS) is 1. The third-order valence-corrected chi connectivity index (χ3v) is 5.58. The van der Waals surface area contributed by atoms with Gasteiger partial charge in [0.1, 0.15) is 12.1 Å². The van der Waals surface area contributed by atoms with Crippen LogP contribution in [0.25, 0.3) is 0 Å². The van der Waals surface area contributed by atoms with Gasteiger partial charge in [-0.25, -0.2) is 4.79 Å². The molecule has 0 spiro atoms. The minimum atomic E-state index is -1.51. The molecule has 1 rings (SSSR count). The first-order valence-electron chi connectivity index (χ1n) is 11.7. The Morgan fingerprint density at radius 3 is 1.94 bits per heavy atom. The van der Waals surface area contributed by atoms with Crippen molar-refractivity contribution in [3.63, 3.8) is 0 Å². The average molecular weight is 473 g/mol. The van der Waals surface area contributed by atoms with Gasteiger partial charge in [0.15, 0.2) is 6.04 Å². The van der Waals surface area contributed by atoms with Crippen LogP contribution in [-0.4, -0.2) is 83.8 Å². The third-order valence-electron chi connectivity index (χ3n) is 5.58. The first-order chi connectivity index (χ1) is 15.7.